The molecule has 1 heterocycles. The maximum atomic E-state index is 12.4. The number of rotatable bonds is 6. The predicted octanol–water partition coefficient (Wildman–Crippen LogP) is 3.75. The summed E-state index contributed by atoms with van der Waals surface area (Å²) in [5.41, 5.74) is 1.51. The van der Waals surface area contributed by atoms with E-state index >= 15 is 0 Å². The third kappa shape index (κ3) is 4.61. The van der Waals surface area contributed by atoms with Gasteiger partial charge in [0.2, 0.25) is 0 Å². The average Bonchev–Trinajstić information content (AvgIpc) is 2.74. The smallest absolute Gasteiger partial charge is 0.270 e. The van der Waals surface area contributed by atoms with Gasteiger partial charge in [0.25, 0.3) is 11.6 Å². The summed E-state index contributed by atoms with van der Waals surface area (Å²) in [7, 11) is -3.42. The number of nitrogens with zero attached hydrogens (tertiary/aromatic N) is 3. The van der Waals surface area contributed by atoms with Gasteiger partial charge in [0.15, 0.2) is 14.9 Å². The van der Waals surface area contributed by atoms with Gasteiger partial charge in [-0.2, -0.15) is 0 Å². The third-order valence-electron chi connectivity index (χ3n) is 4.19. The van der Waals surface area contributed by atoms with E-state index in [4.69, 9.17) is 11.6 Å². The fourth-order valence-electron chi connectivity index (χ4n) is 2.51. The molecular formula is C19H15ClN4O5S. The number of amides is 1. The molecule has 0 unspecified atom stereocenters. The lowest BCUT2D eigenvalue weighted by molar-refractivity contribution is -0.384. The van der Waals surface area contributed by atoms with Crippen molar-refractivity contribution in [3.63, 3.8) is 0 Å². The monoisotopic (exact) mass is 446 g/mol. The van der Waals surface area contributed by atoms with Crippen LogP contribution in [0.1, 0.15) is 17.3 Å². The van der Waals surface area contributed by atoms with Crippen molar-refractivity contribution in [1.29, 1.82) is 0 Å². The van der Waals surface area contributed by atoms with Crippen molar-refractivity contribution in [2.45, 2.75) is 11.9 Å². The molecule has 154 valence electrons. The zero-order valence-corrected chi connectivity index (χ0v) is 17.1. The van der Waals surface area contributed by atoms with Gasteiger partial charge in [0.05, 0.1) is 27.0 Å². The van der Waals surface area contributed by atoms with E-state index in [-0.39, 0.29) is 27.1 Å². The molecule has 0 spiro atoms. The van der Waals surface area contributed by atoms with Gasteiger partial charge in [-0.05, 0) is 30.3 Å². The van der Waals surface area contributed by atoms with Crippen LogP contribution >= 0.6 is 11.6 Å². The number of hydrogen-bond acceptors (Lipinski definition) is 7. The van der Waals surface area contributed by atoms with E-state index in [2.05, 4.69) is 15.5 Å². The third-order valence-corrected chi connectivity index (χ3v) is 6.11. The van der Waals surface area contributed by atoms with E-state index in [9.17, 15) is 23.3 Å². The van der Waals surface area contributed by atoms with Crippen LogP contribution in [0.5, 0.6) is 0 Å². The second-order valence-corrected chi connectivity index (χ2v) is 8.75. The average molecular weight is 447 g/mol. The molecular weight excluding hydrogens is 432 g/mol. The van der Waals surface area contributed by atoms with Gasteiger partial charge >= 0.3 is 0 Å². The van der Waals surface area contributed by atoms with E-state index < -0.39 is 20.7 Å². The quantitative estimate of drug-likeness (QED) is 0.450. The molecule has 0 bridgehead atoms. The molecule has 0 aliphatic carbocycles. The van der Waals surface area contributed by atoms with Crippen molar-refractivity contribution in [1.82, 2.24) is 10.2 Å². The highest BCUT2D eigenvalue weighted by Crippen LogP contribution is 2.24. The first-order valence-corrected chi connectivity index (χ1v) is 10.7. The number of anilines is 1. The standard InChI is InChI=1S/C19H15ClN4O5S/c1-2-30(28,29)18-10-9-17(22-23-18)12-3-5-13(6-4-12)21-19(25)15-8-7-14(24(26)27)11-16(15)20/h3-11H,2H2,1H3,(H,21,25). The van der Waals surface area contributed by atoms with Crippen LogP contribution in [0, 0.1) is 10.1 Å². The second-order valence-electron chi connectivity index (χ2n) is 6.11. The molecule has 30 heavy (non-hydrogen) atoms. The number of hydrogen-bond donors (Lipinski definition) is 1. The normalized spacial score (nSPS) is 11.1. The maximum absolute atomic E-state index is 12.4. The Hall–Kier alpha value is -3.37. The molecule has 11 heteroatoms. The van der Waals surface area contributed by atoms with Crippen molar-refractivity contribution in [2.75, 3.05) is 11.1 Å². The summed E-state index contributed by atoms with van der Waals surface area (Å²) in [6, 6.07) is 13.2. The van der Waals surface area contributed by atoms with Crippen LogP contribution in [0.15, 0.2) is 59.6 Å². The summed E-state index contributed by atoms with van der Waals surface area (Å²) in [6.07, 6.45) is 0. The first-order valence-electron chi connectivity index (χ1n) is 8.63. The van der Waals surface area contributed by atoms with E-state index in [1.165, 1.54) is 25.1 Å². The molecule has 2 aromatic carbocycles. The van der Waals surface area contributed by atoms with Crippen LogP contribution in [-0.4, -0.2) is 35.2 Å². The summed E-state index contributed by atoms with van der Waals surface area (Å²) in [4.78, 5) is 22.6. The Bertz CT molecular complexity index is 1210. The van der Waals surface area contributed by atoms with E-state index in [0.29, 0.717) is 16.9 Å². The Labute approximate surface area is 176 Å². The number of nitro groups is 1. The Morgan fingerprint density at radius 1 is 1.10 bits per heavy atom. The number of sulfone groups is 1. The highest BCUT2D eigenvalue weighted by atomic mass is 35.5. The van der Waals surface area contributed by atoms with Crippen molar-refractivity contribution >= 4 is 38.7 Å². The first-order chi connectivity index (χ1) is 14.2. The summed E-state index contributed by atoms with van der Waals surface area (Å²) in [5, 5.41) is 21.0. The number of non-ortho nitro benzene ring substituents is 1. The van der Waals surface area contributed by atoms with Crippen molar-refractivity contribution in [3.8, 4) is 11.3 Å². The lowest BCUT2D eigenvalue weighted by atomic mass is 10.1. The van der Waals surface area contributed by atoms with Crippen LogP contribution in [0.25, 0.3) is 11.3 Å². The molecule has 0 aliphatic rings. The molecule has 0 saturated heterocycles. The van der Waals surface area contributed by atoms with Gasteiger partial charge in [-0.3, -0.25) is 14.9 Å². The minimum atomic E-state index is -3.42. The highest BCUT2D eigenvalue weighted by Gasteiger charge is 2.16. The van der Waals surface area contributed by atoms with Crippen LogP contribution in [0.2, 0.25) is 5.02 Å². The fourth-order valence-corrected chi connectivity index (χ4v) is 3.51. The molecule has 9 nitrogen and oxygen atoms in total. The SMILES string of the molecule is CCS(=O)(=O)c1ccc(-c2ccc(NC(=O)c3ccc([N+](=O)[O-])cc3Cl)cc2)nn1. The molecule has 3 rings (SSSR count). The molecule has 1 aromatic heterocycles. The van der Waals surface area contributed by atoms with Gasteiger partial charge in [-0.15, -0.1) is 10.2 Å². The number of carbonyl (C=O) groups excluding carboxylic acids is 1. The number of halogens is 1. The van der Waals surface area contributed by atoms with Crippen LogP contribution in [0.4, 0.5) is 11.4 Å². The van der Waals surface area contributed by atoms with E-state index in [1.807, 2.05) is 0 Å². The minimum absolute atomic E-state index is 0.0317. The molecule has 0 fully saturated rings. The Morgan fingerprint density at radius 3 is 2.33 bits per heavy atom. The second kappa shape index (κ2) is 8.56. The zero-order chi connectivity index (χ0) is 21.9. The number of nitrogens with one attached hydrogen (secondary N) is 1. The molecule has 0 radical (unpaired) electrons. The first kappa shape index (κ1) is 21.3. The Balaban J connectivity index is 1.75. The van der Waals surface area contributed by atoms with Crippen molar-refractivity contribution in [3.05, 3.63) is 75.3 Å². The van der Waals surface area contributed by atoms with Crippen LogP contribution in [-0.2, 0) is 9.84 Å². The summed E-state index contributed by atoms with van der Waals surface area (Å²) in [5.74, 6) is -0.578. The fraction of sp³-hybridized carbons (Fsp3) is 0.105. The number of nitro benzene ring substituents is 1. The van der Waals surface area contributed by atoms with Gasteiger partial charge in [-0.1, -0.05) is 30.7 Å². The van der Waals surface area contributed by atoms with Gasteiger partial charge < -0.3 is 5.32 Å². The lowest BCUT2D eigenvalue weighted by Gasteiger charge is -2.08. The molecule has 0 saturated carbocycles. The number of benzene rings is 2. The summed E-state index contributed by atoms with van der Waals surface area (Å²) >= 11 is 5.97. The largest absolute Gasteiger partial charge is 0.322 e. The zero-order valence-electron chi connectivity index (χ0n) is 15.6. The topological polar surface area (TPSA) is 132 Å². The number of aromatic nitrogens is 2. The summed E-state index contributed by atoms with van der Waals surface area (Å²) in [6.45, 7) is 1.53. The van der Waals surface area contributed by atoms with E-state index in [0.717, 1.165) is 6.07 Å². The van der Waals surface area contributed by atoms with Gasteiger partial charge in [0.1, 0.15) is 0 Å². The van der Waals surface area contributed by atoms with Gasteiger partial charge in [-0.25, -0.2) is 8.42 Å². The Kier molecular flexibility index (Phi) is 6.09. The minimum Gasteiger partial charge on any atom is -0.322 e. The number of carbonyl (C=O) groups is 1. The molecule has 1 N–H and O–H groups in total. The molecule has 1 amide bonds. The lowest BCUT2D eigenvalue weighted by Crippen LogP contribution is -2.12. The van der Waals surface area contributed by atoms with Crippen molar-refractivity contribution in [2.24, 2.45) is 0 Å². The predicted molar refractivity (Wildman–Crippen MR) is 111 cm³/mol. The highest BCUT2D eigenvalue weighted by molar-refractivity contribution is 7.91. The molecule has 3 aromatic rings. The molecule has 0 aliphatic heterocycles. The Morgan fingerprint density at radius 2 is 1.80 bits per heavy atom. The van der Waals surface area contributed by atoms with Crippen molar-refractivity contribution < 1.29 is 18.1 Å². The van der Waals surface area contributed by atoms with E-state index in [1.54, 1.807) is 30.3 Å². The maximum Gasteiger partial charge on any atom is 0.270 e. The van der Waals surface area contributed by atoms with Crippen LogP contribution in [0.3, 0.4) is 0 Å². The van der Waals surface area contributed by atoms with Gasteiger partial charge in [0, 0.05) is 23.4 Å². The molecule has 0 atom stereocenters. The summed E-state index contributed by atoms with van der Waals surface area (Å²) < 4.78 is 23.6. The van der Waals surface area contributed by atoms with Crippen LogP contribution < -0.4 is 5.32 Å².